The second-order valence-electron chi connectivity index (χ2n) is 4.60. The molecule has 0 unspecified atom stereocenters. The van der Waals surface area contributed by atoms with E-state index in [9.17, 15) is 0 Å². The summed E-state index contributed by atoms with van der Waals surface area (Å²) in [5.74, 6) is 0.701. The second-order valence-corrected chi connectivity index (χ2v) is 4.60. The van der Waals surface area contributed by atoms with Crippen molar-refractivity contribution >= 4 is 0 Å². The van der Waals surface area contributed by atoms with Gasteiger partial charge in [-0.25, -0.2) is 0 Å². The van der Waals surface area contributed by atoms with Crippen molar-refractivity contribution in [2.45, 2.75) is 52.2 Å². The van der Waals surface area contributed by atoms with Crippen molar-refractivity contribution in [1.82, 2.24) is 0 Å². The first-order valence-corrected chi connectivity index (χ1v) is 5.53. The van der Waals surface area contributed by atoms with Crippen molar-refractivity contribution in [3.8, 4) is 0 Å². The highest BCUT2D eigenvalue weighted by Crippen LogP contribution is 2.29. The maximum Gasteiger partial charge on any atom is 0.107 e. The van der Waals surface area contributed by atoms with E-state index in [0.29, 0.717) is 12.0 Å². The lowest BCUT2D eigenvalue weighted by molar-refractivity contribution is 0.240. The first-order valence-electron chi connectivity index (χ1n) is 5.53. The summed E-state index contributed by atoms with van der Waals surface area (Å²) in [5.41, 5.74) is 1.40. The highest BCUT2D eigenvalue weighted by Gasteiger charge is 2.38. The van der Waals surface area contributed by atoms with Gasteiger partial charge >= 0.3 is 0 Å². The molecule has 1 rings (SSSR count). The number of rotatable bonds is 6. The lowest BCUT2D eigenvalue weighted by atomic mass is 9.98. The van der Waals surface area contributed by atoms with Gasteiger partial charge in [-0.15, -0.1) is 0 Å². The van der Waals surface area contributed by atoms with Crippen molar-refractivity contribution in [2.75, 3.05) is 6.61 Å². The molecular formula is C12H22O2. The van der Waals surface area contributed by atoms with Crippen LogP contribution in [0.25, 0.3) is 0 Å². The van der Waals surface area contributed by atoms with Crippen molar-refractivity contribution in [1.29, 1.82) is 0 Å². The average Bonchev–Trinajstić information content (AvgIpc) is 2.82. The maximum absolute atomic E-state index is 8.80. The molecule has 1 saturated heterocycles. The molecule has 3 atom stereocenters. The lowest BCUT2D eigenvalue weighted by Crippen LogP contribution is -2.04. The van der Waals surface area contributed by atoms with Crippen LogP contribution in [-0.4, -0.2) is 23.9 Å². The molecule has 14 heavy (non-hydrogen) atoms. The zero-order chi connectivity index (χ0) is 10.6. The third kappa shape index (κ3) is 4.25. The fourth-order valence-corrected chi connectivity index (χ4v) is 1.72. The SMILES string of the molecule is CC(C)=CCC[C@@H](C)C[C@@H]1O[C@H]1CO. The molecule has 0 amide bonds. The van der Waals surface area contributed by atoms with E-state index >= 15 is 0 Å². The fraction of sp³-hybridized carbons (Fsp3) is 0.833. The van der Waals surface area contributed by atoms with Crippen LogP contribution < -0.4 is 0 Å². The van der Waals surface area contributed by atoms with Gasteiger partial charge in [0.1, 0.15) is 6.10 Å². The minimum Gasteiger partial charge on any atom is -0.394 e. The molecule has 0 aromatic heterocycles. The Morgan fingerprint density at radius 2 is 2.14 bits per heavy atom. The van der Waals surface area contributed by atoms with Gasteiger partial charge in [-0.1, -0.05) is 18.6 Å². The van der Waals surface area contributed by atoms with Crippen molar-refractivity contribution < 1.29 is 9.84 Å². The van der Waals surface area contributed by atoms with E-state index in [1.54, 1.807) is 0 Å². The van der Waals surface area contributed by atoms with Crippen LogP contribution in [-0.2, 0) is 4.74 Å². The third-order valence-corrected chi connectivity index (χ3v) is 2.71. The molecule has 82 valence electrons. The minimum absolute atomic E-state index is 0.140. The number of epoxide rings is 1. The summed E-state index contributed by atoms with van der Waals surface area (Å²) in [4.78, 5) is 0. The van der Waals surface area contributed by atoms with Crippen molar-refractivity contribution in [3.63, 3.8) is 0 Å². The summed E-state index contributed by atoms with van der Waals surface area (Å²) in [7, 11) is 0. The molecule has 1 fully saturated rings. The molecule has 2 heteroatoms. The van der Waals surface area contributed by atoms with E-state index in [1.807, 2.05) is 0 Å². The molecule has 0 bridgehead atoms. The van der Waals surface area contributed by atoms with E-state index in [2.05, 4.69) is 26.8 Å². The van der Waals surface area contributed by atoms with E-state index < -0.39 is 0 Å². The van der Waals surface area contributed by atoms with E-state index in [4.69, 9.17) is 9.84 Å². The minimum atomic E-state index is 0.140. The number of aliphatic hydroxyl groups is 1. The quantitative estimate of drug-likeness (QED) is 0.525. The molecule has 1 N–H and O–H groups in total. The zero-order valence-corrected chi connectivity index (χ0v) is 9.49. The molecule has 2 nitrogen and oxygen atoms in total. The summed E-state index contributed by atoms with van der Waals surface area (Å²) in [5, 5.41) is 8.80. The molecule has 1 heterocycles. The van der Waals surface area contributed by atoms with Crippen LogP contribution in [0, 0.1) is 5.92 Å². The number of hydrogen-bond acceptors (Lipinski definition) is 2. The van der Waals surface area contributed by atoms with Crippen LogP contribution >= 0.6 is 0 Å². The molecule has 0 spiro atoms. The highest BCUT2D eigenvalue weighted by molar-refractivity contribution is 4.93. The largest absolute Gasteiger partial charge is 0.394 e. The second kappa shape index (κ2) is 5.52. The van der Waals surface area contributed by atoms with Crippen LogP contribution in [0.4, 0.5) is 0 Å². The van der Waals surface area contributed by atoms with Crippen LogP contribution in [0.5, 0.6) is 0 Å². The summed E-state index contributed by atoms with van der Waals surface area (Å²) in [6.07, 6.45) is 6.25. The lowest BCUT2D eigenvalue weighted by Gasteiger charge is -2.07. The summed E-state index contributed by atoms with van der Waals surface area (Å²) in [6, 6.07) is 0. The van der Waals surface area contributed by atoms with Crippen LogP contribution in [0.2, 0.25) is 0 Å². The Labute approximate surface area is 87.0 Å². The Kier molecular flexibility index (Phi) is 4.63. The van der Waals surface area contributed by atoms with Gasteiger partial charge in [-0.05, 0) is 39.0 Å². The van der Waals surface area contributed by atoms with Gasteiger partial charge in [-0.3, -0.25) is 0 Å². The first-order chi connectivity index (χ1) is 6.63. The molecule has 1 aliphatic rings. The van der Waals surface area contributed by atoms with Crippen molar-refractivity contribution in [2.24, 2.45) is 5.92 Å². The van der Waals surface area contributed by atoms with Crippen LogP contribution in [0.15, 0.2) is 11.6 Å². The van der Waals surface area contributed by atoms with Gasteiger partial charge in [-0.2, -0.15) is 0 Å². The van der Waals surface area contributed by atoms with Gasteiger partial charge in [0, 0.05) is 0 Å². The number of hydrogen-bond donors (Lipinski definition) is 1. The molecule has 0 aromatic carbocycles. The Balaban J connectivity index is 2.05. The van der Waals surface area contributed by atoms with E-state index in [1.165, 1.54) is 18.4 Å². The summed E-state index contributed by atoms with van der Waals surface area (Å²) >= 11 is 0. The van der Waals surface area contributed by atoms with Gasteiger partial charge in [0.25, 0.3) is 0 Å². The van der Waals surface area contributed by atoms with Gasteiger partial charge in [0.15, 0.2) is 0 Å². The highest BCUT2D eigenvalue weighted by atomic mass is 16.6. The molecule has 0 aromatic rings. The van der Waals surface area contributed by atoms with Crippen LogP contribution in [0.1, 0.15) is 40.0 Å². The fourth-order valence-electron chi connectivity index (χ4n) is 1.72. The number of allylic oxidation sites excluding steroid dienone is 2. The smallest absolute Gasteiger partial charge is 0.107 e. The van der Waals surface area contributed by atoms with Gasteiger partial charge < -0.3 is 9.84 Å². The zero-order valence-electron chi connectivity index (χ0n) is 9.49. The predicted octanol–water partition coefficient (Wildman–Crippen LogP) is 2.52. The number of aliphatic hydroxyl groups excluding tert-OH is 1. The summed E-state index contributed by atoms with van der Waals surface area (Å²) in [6.45, 7) is 6.72. The van der Waals surface area contributed by atoms with Gasteiger partial charge in [0.05, 0.1) is 12.7 Å². The van der Waals surface area contributed by atoms with Crippen LogP contribution in [0.3, 0.4) is 0 Å². The average molecular weight is 198 g/mol. The normalized spacial score (nSPS) is 27.1. The topological polar surface area (TPSA) is 32.8 Å². The Morgan fingerprint density at radius 1 is 1.43 bits per heavy atom. The molecule has 0 saturated carbocycles. The summed E-state index contributed by atoms with van der Waals surface area (Å²) < 4.78 is 5.30. The Morgan fingerprint density at radius 3 is 2.64 bits per heavy atom. The Hall–Kier alpha value is -0.340. The number of ether oxygens (including phenoxy) is 1. The van der Waals surface area contributed by atoms with Crippen molar-refractivity contribution in [3.05, 3.63) is 11.6 Å². The van der Waals surface area contributed by atoms with Gasteiger partial charge in [0.2, 0.25) is 0 Å². The monoisotopic (exact) mass is 198 g/mol. The maximum atomic E-state index is 8.80. The Bertz CT molecular complexity index is 194. The van der Waals surface area contributed by atoms with E-state index in [-0.39, 0.29) is 12.7 Å². The third-order valence-electron chi connectivity index (χ3n) is 2.71. The molecule has 0 aliphatic carbocycles. The first kappa shape index (κ1) is 11.7. The van der Waals surface area contributed by atoms with E-state index in [0.717, 1.165) is 6.42 Å². The standard InChI is InChI=1S/C12H22O2/c1-9(2)5-4-6-10(3)7-11-12(8-13)14-11/h5,10-13H,4,6-8H2,1-3H3/t10-,11+,12+/m1/s1. The molecule has 1 aliphatic heterocycles. The molecule has 0 radical (unpaired) electrons. The predicted molar refractivity (Wildman–Crippen MR) is 58.2 cm³/mol. The molecular weight excluding hydrogens is 176 g/mol.